The monoisotopic (exact) mass is 319 g/mol. The number of hydrogen-bond donors (Lipinski definition) is 0. The molecule has 7 heteroatoms. The Labute approximate surface area is 132 Å². The zero-order valence-electron chi connectivity index (χ0n) is 12.0. The Bertz CT molecular complexity index is 758. The van der Waals surface area contributed by atoms with E-state index in [-0.39, 0.29) is 18.7 Å². The first-order chi connectivity index (χ1) is 10.6. The number of ether oxygens (including phenoxy) is 2. The molecule has 0 N–H and O–H groups in total. The second-order valence-electron chi connectivity index (χ2n) is 5.41. The van der Waals surface area contributed by atoms with E-state index in [1.54, 1.807) is 17.2 Å². The zero-order chi connectivity index (χ0) is 15.3. The minimum absolute atomic E-state index is 0.0936. The normalized spacial score (nSPS) is 20.0. The largest absolute Gasteiger partial charge is 0.454 e. The average Bonchev–Trinajstić information content (AvgIpc) is 3.20. The number of amides is 1. The van der Waals surface area contributed by atoms with Crippen molar-refractivity contribution < 1.29 is 14.3 Å². The summed E-state index contributed by atoms with van der Waals surface area (Å²) >= 11 is 6.36. The van der Waals surface area contributed by atoms with Gasteiger partial charge in [0, 0.05) is 37.6 Å². The molecule has 2 aliphatic heterocycles. The van der Waals surface area contributed by atoms with E-state index in [0.717, 1.165) is 18.5 Å². The van der Waals surface area contributed by atoms with Crippen LogP contribution in [0.5, 0.6) is 11.5 Å². The molecule has 2 aliphatic rings. The maximum Gasteiger partial charge on any atom is 0.245 e. The number of rotatable bonds is 2. The number of carbonyl (C=O) groups excluding carboxylic acids is 1. The van der Waals surface area contributed by atoms with Crippen molar-refractivity contribution in [1.29, 1.82) is 0 Å². The van der Waals surface area contributed by atoms with Crippen LogP contribution < -0.4 is 9.47 Å². The van der Waals surface area contributed by atoms with Gasteiger partial charge < -0.3 is 18.9 Å². The second-order valence-corrected chi connectivity index (χ2v) is 5.81. The Kier molecular flexibility index (Phi) is 3.00. The highest BCUT2D eigenvalue weighted by atomic mass is 35.5. The minimum atomic E-state index is -0.232. The molecule has 1 amide bonds. The number of likely N-dealkylation sites (N-methyl/N-ethyl adjacent to an activating group) is 1. The summed E-state index contributed by atoms with van der Waals surface area (Å²) in [4.78, 5) is 18.4. The Morgan fingerprint density at radius 3 is 2.82 bits per heavy atom. The third kappa shape index (κ3) is 1.94. The molecule has 2 aromatic rings. The Morgan fingerprint density at radius 1 is 1.32 bits per heavy atom. The number of hydrogen-bond acceptors (Lipinski definition) is 4. The SMILES string of the molecule is CN1CC[C@@H](n2ccnc2-c2cc3c(cc2Cl)OCO3)C1=O. The van der Waals surface area contributed by atoms with Crippen LogP contribution in [0.1, 0.15) is 12.5 Å². The van der Waals surface area contributed by atoms with E-state index >= 15 is 0 Å². The molecule has 1 fully saturated rings. The Morgan fingerprint density at radius 2 is 2.09 bits per heavy atom. The molecule has 114 valence electrons. The van der Waals surface area contributed by atoms with Crippen molar-refractivity contribution in [3.63, 3.8) is 0 Å². The summed E-state index contributed by atoms with van der Waals surface area (Å²) in [5.41, 5.74) is 0.735. The molecular weight excluding hydrogens is 306 g/mol. The minimum Gasteiger partial charge on any atom is -0.454 e. The van der Waals surface area contributed by atoms with Gasteiger partial charge in [-0.15, -0.1) is 0 Å². The maximum absolute atomic E-state index is 12.3. The summed E-state index contributed by atoms with van der Waals surface area (Å²) < 4.78 is 12.6. The quantitative estimate of drug-likeness (QED) is 0.852. The summed E-state index contributed by atoms with van der Waals surface area (Å²) in [5.74, 6) is 2.03. The maximum atomic E-state index is 12.3. The molecule has 1 saturated heterocycles. The van der Waals surface area contributed by atoms with Crippen molar-refractivity contribution in [2.24, 2.45) is 0 Å². The highest BCUT2D eigenvalue weighted by Crippen LogP contribution is 2.41. The smallest absolute Gasteiger partial charge is 0.245 e. The van der Waals surface area contributed by atoms with Gasteiger partial charge >= 0.3 is 0 Å². The van der Waals surface area contributed by atoms with E-state index in [1.165, 1.54) is 0 Å². The topological polar surface area (TPSA) is 56.6 Å². The van der Waals surface area contributed by atoms with Gasteiger partial charge in [-0.1, -0.05) is 11.6 Å². The first-order valence-corrected chi connectivity index (χ1v) is 7.40. The number of fused-ring (bicyclic) bond motifs is 1. The van der Waals surface area contributed by atoms with Gasteiger partial charge in [-0.2, -0.15) is 0 Å². The number of nitrogens with zero attached hydrogens (tertiary/aromatic N) is 3. The number of likely N-dealkylation sites (tertiary alicyclic amines) is 1. The molecule has 22 heavy (non-hydrogen) atoms. The molecule has 3 heterocycles. The molecule has 6 nitrogen and oxygen atoms in total. The number of benzene rings is 1. The molecule has 1 atom stereocenters. The van der Waals surface area contributed by atoms with E-state index in [0.29, 0.717) is 22.3 Å². The first kappa shape index (κ1) is 13.5. The van der Waals surface area contributed by atoms with Crippen LogP contribution in [0.15, 0.2) is 24.5 Å². The Hall–Kier alpha value is -2.21. The van der Waals surface area contributed by atoms with Crippen molar-refractivity contribution in [2.75, 3.05) is 20.4 Å². The fraction of sp³-hybridized carbons (Fsp3) is 0.333. The van der Waals surface area contributed by atoms with Gasteiger partial charge in [-0.3, -0.25) is 4.79 Å². The molecule has 0 saturated carbocycles. The third-order valence-electron chi connectivity index (χ3n) is 4.11. The van der Waals surface area contributed by atoms with Crippen LogP contribution >= 0.6 is 11.6 Å². The fourth-order valence-corrected chi connectivity index (χ4v) is 3.16. The van der Waals surface area contributed by atoms with Gasteiger partial charge in [0.25, 0.3) is 0 Å². The van der Waals surface area contributed by atoms with E-state index < -0.39 is 0 Å². The second kappa shape index (κ2) is 4.91. The fourth-order valence-electron chi connectivity index (χ4n) is 2.92. The molecule has 0 bridgehead atoms. The lowest BCUT2D eigenvalue weighted by atomic mass is 10.1. The van der Waals surface area contributed by atoms with Crippen LogP contribution in [0.4, 0.5) is 0 Å². The zero-order valence-corrected chi connectivity index (χ0v) is 12.7. The van der Waals surface area contributed by atoms with E-state index in [9.17, 15) is 4.79 Å². The van der Waals surface area contributed by atoms with E-state index in [2.05, 4.69) is 4.98 Å². The standard InChI is InChI=1S/C15H14ClN3O3/c1-18-4-2-11(15(18)20)19-5-3-17-14(19)9-6-12-13(7-10(9)16)22-8-21-12/h3,5-7,11H,2,4,8H2,1H3/t11-/m1/s1. The molecule has 0 aliphatic carbocycles. The number of aromatic nitrogens is 2. The molecule has 1 aromatic heterocycles. The van der Waals surface area contributed by atoms with Crippen LogP contribution in [0, 0.1) is 0 Å². The molecule has 0 unspecified atom stereocenters. The summed E-state index contributed by atoms with van der Waals surface area (Å²) in [5, 5.41) is 0.524. The van der Waals surface area contributed by atoms with Gasteiger partial charge in [-0.05, 0) is 12.5 Å². The van der Waals surface area contributed by atoms with Crippen molar-refractivity contribution in [3.8, 4) is 22.9 Å². The van der Waals surface area contributed by atoms with Crippen molar-refractivity contribution in [2.45, 2.75) is 12.5 Å². The van der Waals surface area contributed by atoms with Crippen LogP contribution in [0.25, 0.3) is 11.4 Å². The van der Waals surface area contributed by atoms with E-state index in [4.69, 9.17) is 21.1 Å². The molecule has 0 spiro atoms. The molecular formula is C15H14ClN3O3. The van der Waals surface area contributed by atoms with Crippen LogP contribution in [0.3, 0.4) is 0 Å². The predicted molar refractivity (Wildman–Crippen MR) is 80.1 cm³/mol. The highest BCUT2D eigenvalue weighted by molar-refractivity contribution is 6.33. The van der Waals surface area contributed by atoms with E-state index in [1.807, 2.05) is 23.9 Å². The third-order valence-corrected chi connectivity index (χ3v) is 4.42. The summed E-state index contributed by atoms with van der Waals surface area (Å²) in [6.07, 6.45) is 4.26. The van der Waals surface area contributed by atoms with Crippen molar-refractivity contribution in [1.82, 2.24) is 14.5 Å². The first-order valence-electron chi connectivity index (χ1n) is 7.02. The Balaban J connectivity index is 1.79. The average molecular weight is 320 g/mol. The van der Waals surface area contributed by atoms with Crippen LogP contribution in [-0.4, -0.2) is 40.7 Å². The lowest BCUT2D eigenvalue weighted by Crippen LogP contribution is -2.24. The van der Waals surface area contributed by atoms with Gasteiger partial charge in [0.1, 0.15) is 11.9 Å². The van der Waals surface area contributed by atoms with Gasteiger partial charge in [0.05, 0.1) is 5.02 Å². The van der Waals surface area contributed by atoms with Crippen LogP contribution in [0.2, 0.25) is 5.02 Å². The number of imidazole rings is 1. The van der Waals surface area contributed by atoms with Crippen molar-refractivity contribution >= 4 is 17.5 Å². The lowest BCUT2D eigenvalue weighted by molar-refractivity contribution is -0.129. The van der Waals surface area contributed by atoms with Gasteiger partial charge in [0.15, 0.2) is 11.5 Å². The molecule has 0 radical (unpaired) electrons. The van der Waals surface area contributed by atoms with Crippen molar-refractivity contribution in [3.05, 3.63) is 29.5 Å². The molecule has 4 rings (SSSR count). The number of carbonyl (C=O) groups is 1. The lowest BCUT2D eigenvalue weighted by Gasteiger charge is -2.15. The molecule has 1 aromatic carbocycles. The predicted octanol–water partition coefficient (Wildman–Crippen LogP) is 2.34. The highest BCUT2D eigenvalue weighted by Gasteiger charge is 2.32. The summed E-state index contributed by atoms with van der Waals surface area (Å²) in [7, 11) is 1.81. The van der Waals surface area contributed by atoms with Gasteiger partial charge in [-0.25, -0.2) is 4.98 Å². The van der Waals surface area contributed by atoms with Crippen LogP contribution in [-0.2, 0) is 4.79 Å². The summed E-state index contributed by atoms with van der Waals surface area (Å²) in [6, 6.07) is 3.30. The number of halogens is 1. The van der Waals surface area contributed by atoms with Gasteiger partial charge in [0.2, 0.25) is 12.7 Å². The summed E-state index contributed by atoms with van der Waals surface area (Å²) in [6.45, 7) is 0.936.